The van der Waals surface area contributed by atoms with E-state index in [2.05, 4.69) is 14.9 Å². The van der Waals surface area contributed by atoms with Gasteiger partial charge in [0.05, 0.1) is 5.75 Å². The summed E-state index contributed by atoms with van der Waals surface area (Å²) >= 11 is 0. The summed E-state index contributed by atoms with van der Waals surface area (Å²) in [6, 6.07) is 13.0. The molecule has 106 valence electrons. The minimum Gasteiger partial charge on any atom is -0.328 e. The van der Waals surface area contributed by atoms with E-state index in [4.69, 9.17) is 0 Å². The molecule has 6 nitrogen and oxygen atoms in total. The van der Waals surface area contributed by atoms with E-state index in [-0.39, 0.29) is 11.6 Å². The number of sulfonamides is 1. The van der Waals surface area contributed by atoms with Gasteiger partial charge in [0, 0.05) is 12.7 Å². The van der Waals surface area contributed by atoms with E-state index >= 15 is 0 Å². The average Bonchev–Trinajstić information content (AvgIpc) is 2.48. The van der Waals surface area contributed by atoms with E-state index in [1.807, 2.05) is 42.3 Å². The molecule has 20 heavy (non-hydrogen) atoms. The lowest BCUT2D eigenvalue weighted by molar-refractivity contribution is 0.602. The van der Waals surface area contributed by atoms with Gasteiger partial charge in [0.15, 0.2) is 11.6 Å². The van der Waals surface area contributed by atoms with Crippen LogP contribution in [0.25, 0.3) is 0 Å². The Morgan fingerprint density at radius 3 is 2.35 bits per heavy atom. The number of benzene rings is 1. The second kappa shape index (κ2) is 5.87. The Bertz CT molecular complexity index is 657. The Kier molecular flexibility index (Phi) is 4.19. The molecule has 0 atom stereocenters. The molecule has 0 amide bonds. The molecule has 0 aliphatic carbocycles. The van der Waals surface area contributed by atoms with E-state index in [0.717, 1.165) is 5.69 Å². The molecule has 1 aromatic carbocycles. The number of rotatable bonds is 5. The number of anilines is 3. The van der Waals surface area contributed by atoms with Crippen molar-refractivity contribution in [3.63, 3.8) is 0 Å². The molecule has 2 rings (SSSR count). The molecule has 0 unspecified atom stereocenters. The maximum atomic E-state index is 11.4. The Morgan fingerprint density at radius 2 is 1.80 bits per heavy atom. The normalized spacial score (nSPS) is 11.1. The van der Waals surface area contributed by atoms with Crippen molar-refractivity contribution < 1.29 is 8.42 Å². The van der Waals surface area contributed by atoms with Crippen LogP contribution < -0.4 is 9.62 Å². The van der Waals surface area contributed by atoms with Gasteiger partial charge < -0.3 is 4.90 Å². The molecule has 0 saturated carbocycles. The zero-order valence-electron chi connectivity index (χ0n) is 11.3. The van der Waals surface area contributed by atoms with Gasteiger partial charge in [-0.3, -0.25) is 4.72 Å². The smallest absolute Gasteiger partial charge is 0.233 e. The molecule has 2 aromatic rings. The van der Waals surface area contributed by atoms with Crippen LogP contribution in [0.4, 0.5) is 17.3 Å². The fourth-order valence-corrected chi connectivity index (χ4v) is 2.15. The maximum absolute atomic E-state index is 11.4. The predicted octanol–water partition coefficient (Wildman–Crippen LogP) is 2.01. The van der Waals surface area contributed by atoms with E-state index in [0.29, 0.717) is 5.82 Å². The first-order valence-electron chi connectivity index (χ1n) is 6.15. The summed E-state index contributed by atoms with van der Waals surface area (Å²) < 4.78 is 25.2. The molecule has 0 bridgehead atoms. The van der Waals surface area contributed by atoms with Crippen LogP contribution in [0.15, 0.2) is 42.5 Å². The number of hydrogen-bond donors (Lipinski definition) is 1. The summed E-state index contributed by atoms with van der Waals surface area (Å²) in [5.74, 6) is 0.855. The van der Waals surface area contributed by atoms with Crippen molar-refractivity contribution in [1.82, 2.24) is 10.2 Å². The van der Waals surface area contributed by atoms with Gasteiger partial charge in [-0.25, -0.2) is 8.42 Å². The Balaban J connectivity index is 2.16. The third kappa shape index (κ3) is 3.45. The van der Waals surface area contributed by atoms with Gasteiger partial charge in [-0.15, -0.1) is 10.2 Å². The lowest BCUT2D eigenvalue weighted by Gasteiger charge is -2.17. The molecule has 0 spiro atoms. The molecule has 0 radical (unpaired) electrons. The van der Waals surface area contributed by atoms with Gasteiger partial charge in [0.1, 0.15) is 0 Å². The van der Waals surface area contributed by atoms with Gasteiger partial charge in [-0.2, -0.15) is 0 Å². The van der Waals surface area contributed by atoms with E-state index in [1.54, 1.807) is 19.1 Å². The van der Waals surface area contributed by atoms with Gasteiger partial charge in [0.25, 0.3) is 0 Å². The zero-order valence-corrected chi connectivity index (χ0v) is 12.1. The van der Waals surface area contributed by atoms with Crippen LogP contribution >= 0.6 is 0 Å². The lowest BCUT2D eigenvalue weighted by Crippen LogP contribution is -2.17. The van der Waals surface area contributed by atoms with Crippen LogP contribution in [0.2, 0.25) is 0 Å². The van der Waals surface area contributed by atoms with Crippen LogP contribution in [0.3, 0.4) is 0 Å². The number of nitrogens with zero attached hydrogens (tertiary/aromatic N) is 3. The second-order valence-corrected chi connectivity index (χ2v) is 6.19. The standard InChI is InChI=1S/C13H16N4O2S/c1-3-20(18,19)16-12-9-10-13(15-14-12)17(2)11-7-5-4-6-8-11/h4-10H,3H2,1-2H3,(H,14,16). The molecule has 1 heterocycles. The first-order chi connectivity index (χ1) is 9.52. The number of para-hydroxylation sites is 1. The third-order valence-corrected chi connectivity index (χ3v) is 4.06. The van der Waals surface area contributed by atoms with Crippen molar-refractivity contribution in [2.24, 2.45) is 0 Å². The third-order valence-electron chi connectivity index (χ3n) is 2.78. The van der Waals surface area contributed by atoms with Crippen molar-refractivity contribution in [2.75, 3.05) is 22.4 Å². The molecule has 1 N–H and O–H groups in total. The Labute approximate surface area is 118 Å². The lowest BCUT2D eigenvalue weighted by atomic mass is 10.3. The topological polar surface area (TPSA) is 75.2 Å². The van der Waals surface area contributed by atoms with E-state index < -0.39 is 10.0 Å². The van der Waals surface area contributed by atoms with Crippen molar-refractivity contribution in [3.8, 4) is 0 Å². The predicted molar refractivity (Wildman–Crippen MR) is 79.6 cm³/mol. The first-order valence-corrected chi connectivity index (χ1v) is 7.80. The largest absolute Gasteiger partial charge is 0.328 e. The molecule has 0 saturated heterocycles. The summed E-state index contributed by atoms with van der Waals surface area (Å²) in [4.78, 5) is 1.87. The average molecular weight is 292 g/mol. The van der Waals surface area contributed by atoms with Crippen molar-refractivity contribution in [2.45, 2.75) is 6.92 Å². The fraction of sp³-hybridized carbons (Fsp3) is 0.231. The highest BCUT2D eigenvalue weighted by molar-refractivity contribution is 7.92. The van der Waals surface area contributed by atoms with Crippen molar-refractivity contribution >= 4 is 27.3 Å². The summed E-state index contributed by atoms with van der Waals surface area (Å²) in [5, 5.41) is 7.90. The molecule has 0 aliphatic heterocycles. The molecular weight excluding hydrogens is 276 g/mol. The Morgan fingerprint density at radius 1 is 1.10 bits per heavy atom. The van der Waals surface area contributed by atoms with Crippen LogP contribution in [0, 0.1) is 0 Å². The molecule has 0 fully saturated rings. The maximum Gasteiger partial charge on any atom is 0.233 e. The number of aromatic nitrogens is 2. The van der Waals surface area contributed by atoms with Gasteiger partial charge in [-0.05, 0) is 31.2 Å². The highest BCUT2D eigenvalue weighted by Gasteiger charge is 2.10. The Hall–Kier alpha value is -2.15. The molecule has 1 aromatic heterocycles. The molecule has 7 heteroatoms. The first kappa shape index (κ1) is 14.3. The summed E-state index contributed by atoms with van der Waals surface area (Å²) in [6.07, 6.45) is 0. The fourth-order valence-electron chi connectivity index (χ4n) is 1.57. The summed E-state index contributed by atoms with van der Waals surface area (Å²) in [5.41, 5.74) is 0.976. The summed E-state index contributed by atoms with van der Waals surface area (Å²) in [6.45, 7) is 1.56. The van der Waals surface area contributed by atoms with E-state index in [9.17, 15) is 8.42 Å². The zero-order chi connectivity index (χ0) is 14.6. The highest BCUT2D eigenvalue weighted by Crippen LogP contribution is 2.20. The van der Waals surface area contributed by atoms with Crippen LogP contribution in [-0.4, -0.2) is 31.4 Å². The van der Waals surface area contributed by atoms with Crippen LogP contribution in [0.5, 0.6) is 0 Å². The highest BCUT2D eigenvalue weighted by atomic mass is 32.2. The minimum atomic E-state index is -3.32. The van der Waals surface area contributed by atoms with Crippen LogP contribution in [-0.2, 0) is 10.0 Å². The monoisotopic (exact) mass is 292 g/mol. The molecular formula is C13H16N4O2S. The van der Waals surface area contributed by atoms with Gasteiger partial charge in [-0.1, -0.05) is 18.2 Å². The van der Waals surface area contributed by atoms with Crippen molar-refractivity contribution in [1.29, 1.82) is 0 Å². The van der Waals surface area contributed by atoms with Crippen LogP contribution in [0.1, 0.15) is 6.92 Å². The summed E-state index contributed by atoms with van der Waals surface area (Å²) in [7, 11) is -1.45. The quantitative estimate of drug-likeness (QED) is 0.912. The van der Waals surface area contributed by atoms with Gasteiger partial charge in [0.2, 0.25) is 10.0 Å². The second-order valence-electron chi connectivity index (χ2n) is 4.18. The van der Waals surface area contributed by atoms with Crippen molar-refractivity contribution in [3.05, 3.63) is 42.5 Å². The molecule has 0 aliphatic rings. The SMILES string of the molecule is CCS(=O)(=O)Nc1ccc(N(C)c2ccccc2)nn1. The van der Waals surface area contributed by atoms with E-state index in [1.165, 1.54) is 0 Å². The number of hydrogen-bond acceptors (Lipinski definition) is 5. The number of nitrogens with one attached hydrogen (secondary N) is 1. The minimum absolute atomic E-state index is 0.000347. The van der Waals surface area contributed by atoms with Gasteiger partial charge >= 0.3 is 0 Å².